The Bertz CT molecular complexity index is 892. The van der Waals surface area contributed by atoms with Crippen molar-refractivity contribution in [3.8, 4) is 0 Å². The Kier molecular flexibility index (Phi) is 4.76. The predicted molar refractivity (Wildman–Crippen MR) is 98.8 cm³/mol. The first-order valence-corrected chi connectivity index (χ1v) is 9.96. The maximum atomic E-state index is 12.3. The van der Waals surface area contributed by atoms with Crippen LogP contribution in [0.2, 0.25) is 0 Å². The topological polar surface area (TPSA) is 88.2 Å². The van der Waals surface area contributed by atoms with Gasteiger partial charge in [-0.25, -0.2) is 13.4 Å². The van der Waals surface area contributed by atoms with Crippen molar-refractivity contribution in [2.45, 2.75) is 26.3 Å². The molecule has 0 saturated carbocycles. The van der Waals surface area contributed by atoms with Crippen molar-refractivity contribution in [1.82, 2.24) is 4.98 Å². The molecular formula is C18H21N3O3S. The summed E-state index contributed by atoms with van der Waals surface area (Å²) in [6.07, 6.45) is 2.20. The number of amides is 1. The Morgan fingerprint density at radius 1 is 1.16 bits per heavy atom. The first kappa shape index (κ1) is 17.4. The van der Waals surface area contributed by atoms with Crippen molar-refractivity contribution in [1.29, 1.82) is 0 Å². The normalized spacial score (nSPS) is 18.7. The summed E-state index contributed by atoms with van der Waals surface area (Å²) in [7, 11) is -2.92. The Hall–Kier alpha value is -2.41. The zero-order valence-electron chi connectivity index (χ0n) is 14.2. The van der Waals surface area contributed by atoms with Gasteiger partial charge in [0.1, 0.15) is 5.82 Å². The minimum absolute atomic E-state index is 0.0808. The second-order valence-electron chi connectivity index (χ2n) is 6.43. The molecule has 1 aliphatic rings. The van der Waals surface area contributed by atoms with E-state index in [0.29, 0.717) is 17.8 Å². The lowest BCUT2D eigenvalue weighted by Gasteiger charge is -2.12. The number of anilines is 2. The van der Waals surface area contributed by atoms with Gasteiger partial charge in [0, 0.05) is 11.6 Å². The van der Waals surface area contributed by atoms with Crippen molar-refractivity contribution in [3.05, 3.63) is 53.2 Å². The largest absolute Gasteiger partial charge is 0.380 e. The van der Waals surface area contributed by atoms with E-state index in [1.165, 1.54) is 0 Å². The van der Waals surface area contributed by atoms with Crippen LogP contribution in [-0.4, -0.2) is 36.9 Å². The summed E-state index contributed by atoms with van der Waals surface area (Å²) < 4.78 is 23.0. The number of aryl methyl sites for hydroxylation is 2. The summed E-state index contributed by atoms with van der Waals surface area (Å²) in [6.45, 7) is 3.97. The molecule has 1 unspecified atom stereocenters. The molecule has 1 aliphatic heterocycles. The molecule has 3 rings (SSSR count). The van der Waals surface area contributed by atoms with E-state index in [-0.39, 0.29) is 23.5 Å². The highest BCUT2D eigenvalue weighted by atomic mass is 32.2. The number of benzene rings is 1. The fourth-order valence-electron chi connectivity index (χ4n) is 2.77. The van der Waals surface area contributed by atoms with Crippen LogP contribution in [0, 0.1) is 13.8 Å². The van der Waals surface area contributed by atoms with Gasteiger partial charge in [-0.2, -0.15) is 0 Å². The van der Waals surface area contributed by atoms with E-state index in [0.717, 1.165) is 16.8 Å². The molecule has 1 amide bonds. The molecular weight excluding hydrogens is 338 g/mol. The average Bonchev–Trinajstić information content (AvgIpc) is 2.90. The van der Waals surface area contributed by atoms with Crippen LogP contribution in [0.25, 0.3) is 0 Å². The molecule has 25 heavy (non-hydrogen) atoms. The number of hydrogen-bond acceptors (Lipinski definition) is 5. The minimum atomic E-state index is -2.92. The van der Waals surface area contributed by atoms with Gasteiger partial charge in [0.15, 0.2) is 9.84 Å². The number of pyridine rings is 1. The van der Waals surface area contributed by atoms with E-state index >= 15 is 0 Å². The lowest BCUT2D eigenvalue weighted by atomic mass is 10.1. The molecule has 6 nitrogen and oxygen atoms in total. The standard InChI is InChI=1S/C18H21N3O3S/c1-12-3-4-14(9-13(12)2)18(22)21-17-6-5-15(10-19-17)20-16-7-8-25(23,24)11-16/h3-6,9-10,16,20H,7-8,11H2,1-2H3,(H,19,21,22). The molecule has 2 N–H and O–H groups in total. The van der Waals surface area contributed by atoms with Crippen LogP contribution < -0.4 is 10.6 Å². The van der Waals surface area contributed by atoms with Gasteiger partial charge < -0.3 is 10.6 Å². The zero-order valence-corrected chi connectivity index (χ0v) is 15.1. The molecule has 0 bridgehead atoms. The molecule has 2 heterocycles. The molecule has 7 heteroatoms. The number of sulfone groups is 1. The lowest BCUT2D eigenvalue weighted by molar-refractivity contribution is 0.102. The SMILES string of the molecule is Cc1ccc(C(=O)Nc2ccc(NC3CCS(=O)(=O)C3)cn2)cc1C. The predicted octanol–water partition coefficient (Wildman–Crippen LogP) is 2.55. The maximum absolute atomic E-state index is 12.3. The number of hydrogen-bond donors (Lipinski definition) is 2. The van der Waals surface area contributed by atoms with Crippen LogP contribution in [0.15, 0.2) is 36.5 Å². The van der Waals surface area contributed by atoms with Crippen LogP contribution in [0.1, 0.15) is 27.9 Å². The van der Waals surface area contributed by atoms with Crippen molar-refractivity contribution >= 4 is 27.2 Å². The highest BCUT2D eigenvalue weighted by Gasteiger charge is 2.27. The molecule has 0 spiro atoms. The van der Waals surface area contributed by atoms with E-state index in [9.17, 15) is 13.2 Å². The number of aromatic nitrogens is 1. The third-order valence-corrected chi connectivity index (χ3v) is 6.15. The molecule has 1 aromatic carbocycles. The molecule has 1 saturated heterocycles. The summed E-state index contributed by atoms with van der Waals surface area (Å²) in [5, 5.41) is 5.93. The number of nitrogens with zero attached hydrogens (tertiary/aromatic N) is 1. The molecule has 1 atom stereocenters. The molecule has 0 aliphatic carbocycles. The average molecular weight is 359 g/mol. The first-order chi connectivity index (χ1) is 11.8. The summed E-state index contributed by atoms with van der Waals surface area (Å²) in [6, 6.07) is 8.96. The van der Waals surface area contributed by atoms with Gasteiger partial charge >= 0.3 is 0 Å². The fourth-order valence-corrected chi connectivity index (χ4v) is 4.44. The van der Waals surface area contributed by atoms with Crippen molar-refractivity contribution in [3.63, 3.8) is 0 Å². The fraction of sp³-hybridized carbons (Fsp3) is 0.333. The summed E-state index contributed by atoms with van der Waals surface area (Å²) in [4.78, 5) is 16.5. The third kappa shape index (κ3) is 4.36. The first-order valence-electron chi connectivity index (χ1n) is 8.14. The third-order valence-electron chi connectivity index (χ3n) is 4.38. The van der Waals surface area contributed by atoms with Gasteiger partial charge in [0.2, 0.25) is 0 Å². The second kappa shape index (κ2) is 6.84. The van der Waals surface area contributed by atoms with E-state index in [4.69, 9.17) is 0 Å². The van der Waals surface area contributed by atoms with Crippen molar-refractivity contribution in [2.24, 2.45) is 0 Å². The zero-order chi connectivity index (χ0) is 18.0. The van der Waals surface area contributed by atoms with Crippen LogP contribution in [-0.2, 0) is 9.84 Å². The van der Waals surface area contributed by atoms with E-state index in [1.54, 1.807) is 24.4 Å². The molecule has 2 aromatic rings. The van der Waals surface area contributed by atoms with Gasteiger partial charge in [-0.1, -0.05) is 6.07 Å². The van der Waals surface area contributed by atoms with Crippen LogP contribution in [0.4, 0.5) is 11.5 Å². The van der Waals surface area contributed by atoms with Gasteiger partial charge in [-0.3, -0.25) is 4.79 Å². The Balaban J connectivity index is 1.62. The quantitative estimate of drug-likeness (QED) is 0.876. The van der Waals surface area contributed by atoms with Gasteiger partial charge in [0.25, 0.3) is 5.91 Å². The lowest BCUT2D eigenvalue weighted by Crippen LogP contribution is -2.20. The Morgan fingerprint density at radius 2 is 1.96 bits per heavy atom. The van der Waals surface area contributed by atoms with E-state index < -0.39 is 9.84 Å². The van der Waals surface area contributed by atoms with Crippen molar-refractivity contribution in [2.75, 3.05) is 22.1 Å². The van der Waals surface area contributed by atoms with Crippen LogP contribution >= 0.6 is 0 Å². The molecule has 0 radical (unpaired) electrons. The smallest absolute Gasteiger partial charge is 0.256 e. The summed E-state index contributed by atoms with van der Waals surface area (Å²) in [5.74, 6) is 0.617. The van der Waals surface area contributed by atoms with Gasteiger partial charge in [-0.05, 0) is 55.7 Å². The maximum Gasteiger partial charge on any atom is 0.256 e. The minimum Gasteiger partial charge on any atom is -0.380 e. The monoisotopic (exact) mass is 359 g/mol. The van der Waals surface area contributed by atoms with E-state index in [2.05, 4.69) is 15.6 Å². The van der Waals surface area contributed by atoms with Gasteiger partial charge in [0.05, 0.1) is 23.4 Å². The van der Waals surface area contributed by atoms with Gasteiger partial charge in [-0.15, -0.1) is 0 Å². The molecule has 1 fully saturated rings. The van der Waals surface area contributed by atoms with Crippen LogP contribution in [0.5, 0.6) is 0 Å². The molecule has 1 aromatic heterocycles. The Labute approximate surface area is 147 Å². The number of carbonyl (C=O) groups is 1. The summed E-state index contributed by atoms with van der Waals surface area (Å²) in [5.41, 5.74) is 3.53. The Morgan fingerprint density at radius 3 is 2.56 bits per heavy atom. The van der Waals surface area contributed by atoms with Crippen LogP contribution in [0.3, 0.4) is 0 Å². The number of rotatable bonds is 4. The molecule has 132 valence electrons. The highest BCUT2D eigenvalue weighted by molar-refractivity contribution is 7.91. The number of carbonyl (C=O) groups excluding carboxylic acids is 1. The van der Waals surface area contributed by atoms with E-state index in [1.807, 2.05) is 26.0 Å². The van der Waals surface area contributed by atoms with Crippen molar-refractivity contribution < 1.29 is 13.2 Å². The second-order valence-corrected chi connectivity index (χ2v) is 8.66. The number of nitrogens with one attached hydrogen (secondary N) is 2. The highest BCUT2D eigenvalue weighted by Crippen LogP contribution is 2.18. The summed E-state index contributed by atoms with van der Waals surface area (Å²) >= 11 is 0.